The fourth-order valence-corrected chi connectivity index (χ4v) is 1.93. The smallest absolute Gasteiger partial charge is 0.274 e. The SMILES string of the molecule is Cc1cc(C(=O)Nc2ccc(Br)cc2F)n(C)n1. The molecule has 94 valence electrons. The second kappa shape index (κ2) is 4.89. The Bertz CT molecular complexity index is 609. The molecule has 0 bridgehead atoms. The van der Waals surface area contributed by atoms with Gasteiger partial charge in [-0.25, -0.2) is 4.39 Å². The van der Waals surface area contributed by atoms with Crippen molar-refractivity contribution >= 4 is 27.5 Å². The Labute approximate surface area is 112 Å². The Morgan fingerprint density at radius 2 is 2.17 bits per heavy atom. The molecule has 1 aromatic carbocycles. The van der Waals surface area contributed by atoms with Crippen LogP contribution in [-0.4, -0.2) is 15.7 Å². The number of rotatable bonds is 2. The summed E-state index contributed by atoms with van der Waals surface area (Å²) in [5.41, 5.74) is 1.26. The van der Waals surface area contributed by atoms with Gasteiger partial charge in [-0.2, -0.15) is 5.10 Å². The van der Waals surface area contributed by atoms with Gasteiger partial charge in [0.25, 0.3) is 5.91 Å². The molecule has 1 heterocycles. The average Bonchev–Trinajstić information content (AvgIpc) is 2.62. The molecule has 0 fully saturated rings. The van der Waals surface area contributed by atoms with E-state index in [0.717, 1.165) is 5.69 Å². The summed E-state index contributed by atoms with van der Waals surface area (Å²) >= 11 is 3.16. The van der Waals surface area contributed by atoms with Crippen molar-refractivity contribution in [3.8, 4) is 0 Å². The standard InChI is InChI=1S/C12H11BrFN3O/c1-7-5-11(17(2)16-7)12(18)15-10-4-3-8(13)6-9(10)14/h3-6H,1-2H3,(H,15,18). The number of nitrogens with zero attached hydrogens (tertiary/aromatic N) is 2. The van der Waals surface area contributed by atoms with Gasteiger partial charge in [0.15, 0.2) is 0 Å². The lowest BCUT2D eigenvalue weighted by atomic mass is 10.3. The van der Waals surface area contributed by atoms with Gasteiger partial charge in [0.2, 0.25) is 0 Å². The van der Waals surface area contributed by atoms with E-state index in [4.69, 9.17) is 0 Å². The Hall–Kier alpha value is -1.69. The molecule has 2 rings (SSSR count). The number of carbonyl (C=O) groups excluding carboxylic acids is 1. The Morgan fingerprint density at radius 1 is 1.44 bits per heavy atom. The number of anilines is 1. The first-order valence-electron chi connectivity index (χ1n) is 5.24. The molecule has 0 atom stereocenters. The van der Waals surface area contributed by atoms with E-state index in [1.807, 2.05) is 0 Å². The van der Waals surface area contributed by atoms with Crippen LogP contribution in [0.15, 0.2) is 28.7 Å². The van der Waals surface area contributed by atoms with Crippen LogP contribution in [0.3, 0.4) is 0 Å². The van der Waals surface area contributed by atoms with E-state index in [2.05, 4.69) is 26.3 Å². The summed E-state index contributed by atoms with van der Waals surface area (Å²) in [6.45, 7) is 1.79. The molecule has 1 N–H and O–H groups in total. The zero-order valence-corrected chi connectivity index (χ0v) is 11.5. The van der Waals surface area contributed by atoms with Gasteiger partial charge in [0.05, 0.1) is 11.4 Å². The van der Waals surface area contributed by atoms with Gasteiger partial charge in [-0.3, -0.25) is 9.48 Å². The van der Waals surface area contributed by atoms with Gasteiger partial charge < -0.3 is 5.32 Å². The topological polar surface area (TPSA) is 46.9 Å². The molecule has 0 unspecified atom stereocenters. The Balaban J connectivity index is 2.24. The molecular formula is C12H11BrFN3O. The summed E-state index contributed by atoms with van der Waals surface area (Å²) in [5.74, 6) is -0.879. The highest BCUT2D eigenvalue weighted by atomic mass is 79.9. The number of hydrogen-bond donors (Lipinski definition) is 1. The summed E-state index contributed by atoms with van der Waals surface area (Å²) in [6, 6.07) is 6.10. The van der Waals surface area contributed by atoms with Crippen molar-refractivity contribution in [1.82, 2.24) is 9.78 Å². The normalized spacial score (nSPS) is 10.4. The highest BCUT2D eigenvalue weighted by Crippen LogP contribution is 2.20. The third kappa shape index (κ3) is 2.59. The number of benzene rings is 1. The first kappa shape index (κ1) is 12.8. The fourth-order valence-electron chi connectivity index (χ4n) is 1.60. The van der Waals surface area contributed by atoms with Crippen LogP contribution >= 0.6 is 15.9 Å². The van der Waals surface area contributed by atoms with Crippen LogP contribution in [0.1, 0.15) is 16.2 Å². The lowest BCUT2D eigenvalue weighted by molar-refractivity contribution is 0.101. The molecule has 4 nitrogen and oxygen atoms in total. The number of hydrogen-bond acceptors (Lipinski definition) is 2. The zero-order valence-electron chi connectivity index (χ0n) is 9.87. The molecule has 1 amide bonds. The highest BCUT2D eigenvalue weighted by Gasteiger charge is 2.13. The van der Waals surface area contributed by atoms with Gasteiger partial charge in [-0.1, -0.05) is 15.9 Å². The van der Waals surface area contributed by atoms with Crippen molar-refractivity contribution in [3.63, 3.8) is 0 Å². The van der Waals surface area contributed by atoms with Crippen molar-refractivity contribution in [2.45, 2.75) is 6.92 Å². The van der Waals surface area contributed by atoms with E-state index in [-0.39, 0.29) is 11.6 Å². The number of aromatic nitrogens is 2. The molecule has 0 aliphatic rings. The summed E-state index contributed by atoms with van der Waals surface area (Å²) in [7, 11) is 1.67. The van der Waals surface area contributed by atoms with E-state index in [0.29, 0.717) is 10.2 Å². The van der Waals surface area contributed by atoms with Crippen LogP contribution in [0, 0.1) is 12.7 Å². The minimum absolute atomic E-state index is 0.141. The number of amides is 1. The van der Waals surface area contributed by atoms with Gasteiger partial charge in [-0.05, 0) is 31.2 Å². The maximum Gasteiger partial charge on any atom is 0.274 e. The third-order valence-electron chi connectivity index (χ3n) is 2.41. The van der Waals surface area contributed by atoms with Crippen LogP contribution in [0.25, 0.3) is 0 Å². The molecule has 0 saturated carbocycles. The number of halogens is 2. The van der Waals surface area contributed by atoms with E-state index >= 15 is 0 Å². The quantitative estimate of drug-likeness (QED) is 0.927. The fraction of sp³-hybridized carbons (Fsp3) is 0.167. The Morgan fingerprint density at radius 3 is 2.72 bits per heavy atom. The second-order valence-corrected chi connectivity index (χ2v) is 4.79. The maximum atomic E-state index is 13.6. The number of carbonyl (C=O) groups is 1. The van der Waals surface area contributed by atoms with Gasteiger partial charge in [-0.15, -0.1) is 0 Å². The van der Waals surface area contributed by atoms with E-state index < -0.39 is 5.82 Å². The number of aryl methyl sites for hydroxylation is 2. The molecular weight excluding hydrogens is 301 g/mol. The summed E-state index contributed by atoms with van der Waals surface area (Å²) in [5, 5.41) is 6.58. The third-order valence-corrected chi connectivity index (χ3v) is 2.91. The molecule has 6 heteroatoms. The van der Waals surface area contributed by atoms with Crippen molar-refractivity contribution in [1.29, 1.82) is 0 Å². The minimum Gasteiger partial charge on any atom is -0.318 e. The molecule has 0 aliphatic heterocycles. The van der Waals surface area contributed by atoms with Crippen LogP contribution in [0.5, 0.6) is 0 Å². The van der Waals surface area contributed by atoms with Gasteiger partial charge in [0, 0.05) is 11.5 Å². The maximum absolute atomic E-state index is 13.6. The molecule has 0 saturated heterocycles. The van der Waals surface area contributed by atoms with E-state index in [1.54, 1.807) is 26.1 Å². The van der Waals surface area contributed by atoms with Crippen LogP contribution in [0.2, 0.25) is 0 Å². The van der Waals surface area contributed by atoms with Crippen LogP contribution in [-0.2, 0) is 7.05 Å². The molecule has 0 aliphatic carbocycles. The van der Waals surface area contributed by atoms with Gasteiger partial charge >= 0.3 is 0 Å². The lowest BCUT2D eigenvalue weighted by Gasteiger charge is -2.06. The molecule has 2 aromatic rings. The van der Waals surface area contributed by atoms with Crippen molar-refractivity contribution in [2.24, 2.45) is 7.05 Å². The highest BCUT2D eigenvalue weighted by molar-refractivity contribution is 9.10. The van der Waals surface area contributed by atoms with Gasteiger partial charge in [0.1, 0.15) is 11.5 Å². The first-order valence-corrected chi connectivity index (χ1v) is 6.03. The predicted octanol–water partition coefficient (Wildman–Crippen LogP) is 2.88. The monoisotopic (exact) mass is 311 g/mol. The molecule has 18 heavy (non-hydrogen) atoms. The van der Waals surface area contributed by atoms with E-state index in [1.165, 1.54) is 16.8 Å². The zero-order chi connectivity index (χ0) is 13.3. The molecule has 0 spiro atoms. The van der Waals surface area contributed by atoms with Crippen LogP contribution < -0.4 is 5.32 Å². The summed E-state index contributed by atoms with van der Waals surface area (Å²) < 4.78 is 15.6. The average molecular weight is 312 g/mol. The van der Waals surface area contributed by atoms with Crippen molar-refractivity contribution < 1.29 is 9.18 Å². The van der Waals surface area contributed by atoms with Crippen molar-refractivity contribution in [3.05, 3.63) is 45.9 Å². The lowest BCUT2D eigenvalue weighted by Crippen LogP contribution is -2.16. The number of nitrogens with one attached hydrogen (secondary N) is 1. The summed E-state index contributed by atoms with van der Waals surface area (Å²) in [4.78, 5) is 11.9. The predicted molar refractivity (Wildman–Crippen MR) is 70.0 cm³/mol. The van der Waals surface area contributed by atoms with Crippen molar-refractivity contribution in [2.75, 3.05) is 5.32 Å². The largest absolute Gasteiger partial charge is 0.318 e. The molecule has 1 aromatic heterocycles. The van der Waals surface area contributed by atoms with Crippen LogP contribution in [0.4, 0.5) is 10.1 Å². The minimum atomic E-state index is -0.489. The Kier molecular flexibility index (Phi) is 3.47. The van der Waals surface area contributed by atoms with E-state index in [9.17, 15) is 9.18 Å². The second-order valence-electron chi connectivity index (χ2n) is 3.87. The molecule has 0 radical (unpaired) electrons. The first-order chi connectivity index (χ1) is 8.47. The summed E-state index contributed by atoms with van der Waals surface area (Å²) in [6.07, 6.45) is 0.